The molecule has 1 amide bonds. The molecule has 1 aliphatic heterocycles. The van der Waals surface area contributed by atoms with E-state index in [4.69, 9.17) is 5.73 Å². The van der Waals surface area contributed by atoms with Gasteiger partial charge in [0.2, 0.25) is 0 Å². The van der Waals surface area contributed by atoms with Crippen molar-refractivity contribution < 1.29 is 4.79 Å². The first-order valence-electron chi connectivity index (χ1n) is 7.07. The van der Waals surface area contributed by atoms with E-state index in [9.17, 15) is 4.79 Å². The van der Waals surface area contributed by atoms with Crippen LogP contribution in [0, 0.1) is 6.92 Å². The summed E-state index contributed by atoms with van der Waals surface area (Å²) in [6.45, 7) is 3.20. The minimum Gasteiger partial charge on any atom is -0.334 e. The van der Waals surface area contributed by atoms with Gasteiger partial charge in [-0.1, -0.05) is 0 Å². The van der Waals surface area contributed by atoms with Gasteiger partial charge in [-0.15, -0.1) is 11.3 Å². The van der Waals surface area contributed by atoms with Crippen molar-refractivity contribution in [1.82, 2.24) is 19.7 Å². The van der Waals surface area contributed by atoms with E-state index in [1.165, 1.54) is 11.3 Å². The van der Waals surface area contributed by atoms with Gasteiger partial charge in [-0.2, -0.15) is 5.10 Å². The number of rotatable bonds is 3. The molecule has 21 heavy (non-hydrogen) atoms. The minimum atomic E-state index is 0.0630. The summed E-state index contributed by atoms with van der Waals surface area (Å²) in [6, 6.07) is 0.167. The van der Waals surface area contributed by atoms with Crippen molar-refractivity contribution >= 4 is 17.2 Å². The quantitative estimate of drug-likeness (QED) is 0.930. The topological polar surface area (TPSA) is 77.0 Å². The van der Waals surface area contributed by atoms with E-state index in [0.29, 0.717) is 11.4 Å². The second kappa shape index (κ2) is 5.57. The molecule has 0 aromatic carbocycles. The molecule has 1 saturated heterocycles. The molecule has 1 aliphatic rings. The molecule has 2 aromatic heterocycles. The smallest absolute Gasteiger partial charge is 0.266 e. The van der Waals surface area contributed by atoms with Crippen LogP contribution in [0.1, 0.15) is 28.2 Å². The van der Waals surface area contributed by atoms with Crippen molar-refractivity contribution in [2.45, 2.75) is 25.8 Å². The number of nitrogens with two attached hydrogens (primary N) is 1. The first kappa shape index (κ1) is 14.2. The molecule has 2 aromatic rings. The predicted octanol–water partition coefficient (Wildman–Crippen LogP) is 1.42. The lowest BCUT2D eigenvalue weighted by molar-refractivity contribution is 0.0745. The minimum absolute atomic E-state index is 0.0630. The SMILES string of the molecule is Cc1nc(-c2cnn(C)c2)sc1C(=O)N1CCCC1CN. The number of aromatic nitrogens is 3. The highest BCUT2D eigenvalue weighted by molar-refractivity contribution is 7.17. The lowest BCUT2D eigenvalue weighted by atomic mass is 10.2. The second-order valence-electron chi connectivity index (χ2n) is 5.37. The molecule has 0 spiro atoms. The summed E-state index contributed by atoms with van der Waals surface area (Å²) >= 11 is 1.44. The summed E-state index contributed by atoms with van der Waals surface area (Å²) in [6.07, 6.45) is 5.70. The molecule has 0 saturated carbocycles. The molecule has 7 heteroatoms. The first-order chi connectivity index (χ1) is 10.1. The van der Waals surface area contributed by atoms with Crippen LogP contribution < -0.4 is 5.73 Å². The fourth-order valence-corrected chi connectivity index (χ4v) is 3.73. The molecule has 0 bridgehead atoms. The highest BCUT2D eigenvalue weighted by Crippen LogP contribution is 2.30. The van der Waals surface area contributed by atoms with E-state index in [1.807, 2.05) is 25.1 Å². The van der Waals surface area contributed by atoms with Crippen molar-refractivity contribution in [3.05, 3.63) is 23.0 Å². The summed E-state index contributed by atoms with van der Waals surface area (Å²) in [4.78, 5) is 19.8. The third kappa shape index (κ3) is 2.58. The number of likely N-dealkylation sites (tertiary alicyclic amines) is 1. The summed E-state index contributed by atoms with van der Waals surface area (Å²) in [7, 11) is 1.87. The number of carbonyl (C=O) groups is 1. The van der Waals surface area contributed by atoms with Gasteiger partial charge in [0.25, 0.3) is 5.91 Å². The number of carbonyl (C=O) groups excluding carboxylic acids is 1. The van der Waals surface area contributed by atoms with E-state index in [0.717, 1.165) is 35.7 Å². The number of hydrogen-bond donors (Lipinski definition) is 1. The van der Waals surface area contributed by atoms with Crippen molar-refractivity contribution in [2.75, 3.05) is 13.1 Å². The van der Waals surface area contributed by atoms with Crippen LogP contribution in [0.25, 0.3) is 10.6 Å². The Morgan fingerprint density at radius 1 is 1.57 bits per heavy atom. The van der Waals surface area contributed by atoms with Gasteiger partial charge < -0.3 is 10.6 Å². The van der Waals surface area contributed by atoms with Gasteiger partial charge in [-0.25, -0.2) is 4.98 Å². The van der Waals surface area contributed by atoms with E-state index in [2.05, 4.69) is 10.1 Å². The fourth-order valence-electron chi connectivity index (χ4n) is 2.73. The zero-order valence-corrected chi connectivity index (χ0v) is 13.1. The monoisotopic (exact) mass is 305 g/mol. The number of thiazole rings is 1. The molecule has 2 N–H and O–H groups in total. The predicted molar refractivity (Wildman–Crippen MR) is 82.2 cm³/mol. The van der Waals surface area contributed by atoms with Crippen molar-refractivity contribution in [1.29, 1.82) is 0 Å². The molecule has 112 valence electrons. The van der Waals surface area contributed by atoms with Crippen LogP contribution in [0.15, 0.2) is 12.4 Å². The van der Waals surface area contributed by atoms with Crippen LogP contribution in [0.3, 0.4) is 0 Å². The molecule has 3 heterocycles. The molecule has 1 atom stereocenters. The lowest BCUT2D eigenvalue weighted by Crippen LogP contribution is -2.39. The maximum absolute atomic E-state index is 12.7. The third-order valence-corrected chi connectivity index (χ3v) is 5.05. The Bertz CT molecular complexity index is 662. The Kier molecular flexibility index (Phi) is 3.77. The maximum atomic E-state index is 12.7. The van der Waals surface area contributed by atoms with Crippen LogP contribution >= 0.6 is 11.3 Å². The van der Waals surface area contributed by atoms with Crippen molar-refractivity contribution in [2.24, 2.45) is 12.8 Å². The summed E-state index contributed by atoms with van der Waals surface area (Å²) in [5, 5.41) is 4.99. The number of aryl methyl sites for hydroxylation is 2. The van der Waals surface area contributed by atoms with E-state index in [-0.39, 0.29) is 11.9 Å². The van der Waals surface area contributed by atoms with Gasteiger partial charge in [0.05, 0.1) is 11.9 Å². The third-order valence-electron chi connectivity index (χ3n) is 3.85. The molecule has 0 radical (unpaired) electrons. The highest BCUT2D eigenvalue weighted by Gasteiger charge is 2.30. The molecule has 0 aliphatic carbocycles. The molecule has 6 nitrogen and oxygen atoms in total. The maximum Gasteiger partial charge on any atom is 0.266 e. The van der Waals surface area contributed by atoms with Gasteiger partial charge in [0.1, 0.15) is 9.88 Å². The molecule has 1 fully saturated rings. The van der Waals surface area contributed by atoms with Gasteiger partial charge in [-0.05, 0) is 19.8 Å². The van der Waals surface area contributed by atoms with E-state index < -0.39 is 0 Å². The average Bonchev–Trinajstić information content (AvgIpc) is 3.16. The summed E-state index contributed by atoms with van der Waals surface area (Å²) < 4.78 is 1.73. The Labute approximate surface area is 127 Å². The largest absolute Gasteiger partial charge is 0.334 e. The number of hydrogen-bond acceptors (Lipinski definition) is 5. The van der Waals surface area contributed by atoms with Gasteiger partial charge in [0.15, 0.2) is 0 Å². The van der Waals surface area contributed by atoms with Gasteiger partial charge in [-0.3, -0.25) is 9.48 Å². The Morgan fingerprint density at radius 2 is 2.38 bits per heavy atom. The summed E-state index contributed by atoms with van der Waals surface area (Å²) in [5.41, 5.74) is 7.49. The van der Waals surface area contributed by atoms with Crippen LogP contribution in [0.5, 0.6) is 0 Å². The zero-order valence-electron chi connectivity index (χ0n) is 12.2. The molecular formula is C14H19N5OS. The number of nitrogens with zero attached hydrogens (tertiary/aromatic N) is 4. The van der Waals surface area contributed by atoms with Crippen LogP contribution in [0.4, 0.5) is 0 Å². The normalized spacial score (nSPS) is 18.4. The van der Waals surface area contributed by atoms with Crippen molar-refractivity contribution in [3.8, 4) is 10.6 Å². The van der Waals surface area contributed by atoms with Crippen LogP contribution in [-0.4, -0.2) is 44.7 Å². The van der Waals surface area contributed by atoms with Crippen LogP contribution in [-0.2, 0) is 7.05 Å². The molecular weight excluding hydrogens is 286 g/mol. The Morgan fingerprint density at radius 3 is 3.05 bits per heavy atom. The fraction of sp³-hybridized carbons (Fsp3) is 0.500. The van der Waals surface area contributed by atoms with Crippen molar-refractivity contribution in [3.63, 3.8) is 0 Å². The van der Waals surface area contributed by atoms with Gasteiger partial charge >= 0.3 is 0 Å². The zero-order chi connectivity index (χ0) is 15.0. The standard InChI is InChI=1S/C14H19N5OS/c1-9-12(14(20)19-5-3-4-11(19)6-15)21-13(17-9)10-7-16-18(2)8-10/h7-8,11H,3-6,15H2,1-2H3. The number of amides is 1. The van der Waals surface area contributed by atoms with E-state index in [1.54, 1.807) is 10.9 Å². The second-order valence-corrected chi connectivity index (χ2v) is 6.37. The average molecular weight is 305 g/mol. The van der Waals surface area contributed by atoms with Gasteiger partial charge in [0, 0.05) is 37.9 Å². The Hall–Kier alpha value is -1.73. The lowest BCUT2D eigenvalue weighted by Gasteiger charge is -2.22. The molecule has 1 unspecified atom stereocenters. The molecule has 3 rings (SSSR count). The van der Waals surface area contributed by atoms with Crippen LogP contribution in [0.2, 0.25) is 0 Å². The Balaban J connectivity index is 1.89. The first-order valence-corrected chi connectivity index (χ1v) is 7.89. The van der Waals surface area contributed by atoms with E-state index >= 15 is 0 Å². The highest BCUT2D eigenvalue weighted by atomic mass is 32.1. The summed E-state index contributed by atoms with van der Waals surface area (Å²) in [5.74, 6) is 0.0630.